The van der Waals surface area contributed by atoms with E-state index in [9.17, 15) is 0 Å². The summed E-state index contributed by atoms with van der Waals surface area (Å²) in [5.74, 6) is 2.24. The van der Waals surface area contributed by atoms with Crippen molar-refractivity contribution in [2.45, 2.75) is 0 Å². The SMILES string of the molecule is C#Cc1cc(Nc2ncnc3cc(OCCOC)c(OCCOC)c(F)c23)ccc1Cl. The summed E-state index contributed by atoms with van der Waals surface area (Å²) in [6, 6.07) is 6.64. The van der Waals surface area contributed by atoms with Gasteiger partial charge in [-0.15, -0.1) is 6.42 Å². The largest absolute Gasteiger partial charge is 0.487 e. The molecule has 0 aliphatic carbocycles. The molecule has 3 aromatic rings. The lowest BCUT2D eigenvalue weighted by Gasteiger charge is -2.16. The van der Waals surface area contributed by atoms with E-state index in [1.165, 1.54) is 13.4 Å². The van der Waals surface area contributed by atoms with Crippen LogP contribution in [0.2, 0.25) is 5.02 Å². The van der Waals surface area contributed by atoms with Gasteiger partial charge in [0.05, 0.1) is 29.1 Å². The van der Waals surface area contributed by atoms with Crippen molar-refractivity contribution >= 4 is 34.0 Å². The molecule has 0 fully saturated rings. The number of aromatic nitrogens is 2. The monoisotopic (exact) mass is 445 g/mol. The summed E-state index contributed by atoms with van der Waals surface area (Å²) in [5.41, 5.74) is 1.44. The molecule has 1 aromatic heterocycles. The van der Waals surface area contributed by atoms with Crippen LogP contribution < -0.4 is 14.8 Å². The maximum atomic E-state index is 15.6. The Morgan fingerprint density at radius 3 is 2.52 bits per heavy atom. The third-order valence-corrected chi connectivity index (χ3v) is 4.58. The Bertz CT molecular complexity index is 1100. The molecule has 3 rings (SSSR count). The molecular formula is C22H21ClFN3O4. The highest BCUT2D eigenvalue weighted by molar-refractivity contribution is 6.31. The summed E-state index contributed by atoms with van der Waals surface area (Å²) in [6.07, 6.45) is 6.80. The Kier molecular flexibility index (Phi) is 7.84. The molecule has 0 radical (unpaired) electrons. The number of anilines is 2. The number of halogens is 2. The van der Waals surface area contributed by atoms with E-state index in [0.29, 0.717) is 28.4 Å². The zero-order chi connectivity index (χ0) is 22.2. The summed E-state index contributed by atoms with van der Waals surface area (Å²) in [4.78, 5) is 8.38. The number of rotatable bonds is 10. The van der Waals surface area contributed by atoms with Crippen LogP contribution in [0.15, 0.2) is 30.6 Å². The Labute approximate surface area is 184 Å². The van der Waals surface area contributed by atoms with Crippen molar-refractivity contribution in [2.24, 2.45) is 0 Å². The first-order valence-electron chi connectivity index (χ1n) is 9.33. The van der Waals surface area contributed by atoms with Gasteiger partial charge in [-0.3, -0.25) is 0 Å². The second-order valence-electron chi connectivity index (χ2n) is 6.28. The summed E-state index contributed by atoms with van der Waals surface area (Å²) < 4.78 is 36.8. The number of hydrogen-bond acceptors (Lipinski definition) is 7. The van der Waals surface area contributed by atoms with Crippen LogP contribution in [0, 0.1) is 18.2 Å². The van der Waals surface area contributed by atoms with Crippen molar-refractivity contribution < 1.29 is 23.3 Å². The fraction of sp³-hybridized carbons (Fsp3) is 0.273. The molecule has 7 nitrogen and oxygen atoms in total. The summed E-state index contributed by atoms with van der Waals surface area (Å²) in [7, 11) is 3.08. The number of nitrogens with zero attached hydrogens (tertiary/aromatic N) is 2. The van der Waals surface area contributed by atoms with E-state index >= 15 is 4.39 Å². The molecule has 9 heteroatoms. The number of ether oxygens (including phenoxy) is 4. The average Bonchev–Trinajstić information content (AvgIpc) is 2.77. The molecule has 0 amide bonds. The lowest BCUT2D eigenvalue weighted by atomic mass is 10.1. The van der Waals surface area contributed by atoms with Crippen LogP contribution in [0.25, 0.3) is 10.9 Å². The van der Waals surface area contributed by atoms with Gasteiger partial charge in [-0.2, -0.15) is 0 Å². The highest BCUT2D eigenvalue weighted by Crippen LogP contribution is 2.39. The standard InChI is InChI=1S/C22H21ClFN3O4/c1-4-14-11-15(5-6-16(14)23)27-22-19-17(25-13-26-22)12-18(30-9-7-28-2)21(20(19)24)31-10-8-29-3/h1,5-6,11-13H,7-10H2,2-3H3,(H,25,26,27). The molecule has 0 saturated carbocycles. The molecule has 1 heterocycles. The fourth-order valence-corrected chi connectivity index (χ4v) is 2.96. The van der Waals surface area contributed by atoms with Crippen LogP contribution in [-0.4, -0.2) is 50.6 Å². The minimum Gasteiger partial charge on any atom is -0.487 e. The second-order valence-corrected chi connectivity index (χ2v) is 6.69. The molecule has 31 heavy (non-hydrogen) atoms. The van der Waals surface area contributed by atoms with Crippen molar-refractivity contribution in [2.75, 3.05) is 46.0 Å². The van der Waals surface area contributed by atoms with Crippen molar-refractivity contribution in [1.82, 2.24) is 9.97 Å². The quantitative estimate of drug-likeness (QED) is 0.370. The number of methoxy groups -OCH3 is 2. The average molecular weight is 446 g/mol. The van der Waals surface area contributed by atoms with E-state index in [1.54, 1.807) is 31.4 Å². The molecule has 0 saturated heterocycles. The zero-order valence-electron chi connectivity index (χ0n) is 17.1. The van der Waals surface area contributed by atoms with E-state index in [0.717, 1.165) is 0 Å². The Morgan fingerprint density at radius 2 is 1.81 bits per heavy atom. The second kappa shape index (κ2) is 10.8. The number of benzene rings is 2. The maximum absolute atomic E-state index is 15.6. The van der Waals surface area contributed by atoms with E-state index < -0.39 is 5.82 Å². The van der Waals surface area contributed by atoms with Crippen LogP contribution in [0.3, 0.4) is 0 Å². The van der Waals surface area contributed by atoms with Gasteiger partial charge >= 0.3 is 0 Å². The summed E-state index contributed by atoms with van der Waals surface area (Å²) >= 11 is 6.06. The number of nitrogens with one attached hydrogen (secondary N) is 1. The van der Waals surface area contributed by atoms with Crippen LogP contribution in [0.1, 0.15) is 5.56 Å². The Hall–Kier alpha value is -3.12. The van der Waals surface area contributed by atoms with Crippen LogP contribution in [0.5, 0.6) is 11.5 Å². The molecule has 0 spiro atoms. The molecule has 162 valence electrons. The number of hydrogen-bond donors (Lipinski definition) is 1. The first kappa shape index (κ1) is 22.6. The van der Waals surface area contributed by atoms with Gasteiger partial charge in [-0.1, -0.05) is 17.5 Å². The van der Waals surface area contributed by atoms with Gasteiger partial charge in [-0.25, -0.2) is 14.4 Å². The summed E-state index contributed by atoms with van der Waals surface area (Å²) in [5, 5.41) is 3.66. The van der Waals surface area contributed by atoms with Crippen molar-refractivity contribution in [3.8, 4) is 23.8 Å². The zero-order valence-corrected chi connectivity index (χ0v) is 17.8. The predicted molar refractivity (Wildman–Crippen MR) is 117 cm³/mol. The molecule has 0 aliphatic rings. The molecule has 0 aliphatic heterocycles. The fourth-order valence-electron chi connectivity index (χ4n) is 2.79. The van der Waals surface area contributed by atoms with Gasteiger partial charge < -0.3 is 24.3 Å². The van der Waals surface area contributed by atoms with Crippen LogP contribution in [-0.2, 0) is 9.47 Å². The van der Waals surface area contributed by atoms with Crippen LogP contribution >= 0.6 is 11.6 Å². The van der Waals surface area contributed by atoms with Crippen molar-refractivity contribution in [3.63, 3.8) is 0 Å². The van der Waals surface area contributed by atoms with Gasteiger partial charge in [0.1, 0.15) is 25.4 Å². The van der Waals surface area contributed by atoms with E-state index in [-0.39, 0.29) is 42.5 Å². The first-order chi connectivity index (χ1) is 15.1. The van der Waals surface area contributed by atoms with Gasteiger partial charge in [0, 0.05) is 31.5 Å². The van der Waals surface area contributed by atoms with Crippen molar-refractivity contribution in [1.29, 1.82) is 0 Å². The first-order valence-corrected chi connectivity index (χ1v) is 9.70. The molecule has 0 atom stereocenters. The summed E-state index contributed by atoms with van der Waals surface area (Å²) in [6.45, 7) is 0.976. The molecule has 2 aromatic carbocycles. The number of terminal acetylenes is 1. The minimum atomic E-state index is -0.657. The van der Waals surface area contributed by atoms with E-state index in [2.05, 4.69) is 21.2 Å². The smallest absolute Gasteiger partial charge is 0.198 e. The number of fused-ring (bicyclic) bond motifs is 1. The third-order valence-electron chi connectivity index (χ3n) is 4.25. The minimum absolute atomic E-state index is 0.0566. The van der Waals surface area contributed by atoms with Crippen molar-refractivity contribution in [3.05, 3.63) is 47.0 Å². The molecule has 0 unspecified atom stereocenters. The normalized spacial score (nSPS) is 10.7. The Balaban J connectivity index is 2.05. The Morgan fingerprint density at radius 1 is 1.06 bits per heavy atom. The lowest BCUT2D eigenvalue weighted by molar-refractivity contribution is 0.130. The highest BCUT2D eigenvalue weighted by Gasteiger charge is 2.21. The topological polar surface area (TPSA) is 74.7 Å². The third kappa shape index (κ3) is 5.33. The molecule has 1 N–H and O–H groups in total. The lowest BCUT2D eigenvalue weighted by Crippen LogP contribution is -2.10. The molecule has 0 bridgehead atoms. The maximum Gasteiger partial charge on any atom is 0.198 e. The highest BCUT2D eigenvalue weighted by atomic mass is 35.5. The predicted octanol–water partition coefficient (Wildman–Crippen LogP) is 4.20. The van der Waals surface area contributed by atoms with Crippen LogP contribution in [0.4, 0.5) is 15.9 Å². The molecular weight excluding hydrogens is 425 g/mol. The van der Waals surface area contributed by atoms with Gasteiger partial charge in [0.15, 0.2) is 17.3 Å². The van der Waals surface area contributed by atoms with E-state index in [4.69, 9.17) is 37.0 Å². The van der Waals surface area contributed by atoms with Gasteiger partial charge in [0.2, 0.25) is 0 Å². The van der Waals surface area contributed by atoms with Gasteiger partial charge in [-0.05, 0) is 18.2 Å². The van der Waals surface area contributed by atoms with Gasteiger partial charge in [0.25, 0.3) is 0 Å². The van der Waals surface area contributed by atoms with E-state index in [1.807, 2.05) is 0 Å².